The van der Waals surface area contributed by atoms with Crippen molar-refractivity contribution in [1.29, 1.82) is 0 Å². The van der Waals surface area contributed by atoms with E-state index in [0.29, 0.717) is 6.54 Å². The van der Waals surface area contributed by atoms with Gasteiger partial charge in [0, 0.05) is 7.05 Å². The highest BCUT2D eigenvalue weighted by Crippen LogP contribution is 1.61. The van der Waals surface area contributed by atoms with Crippen molar-refractivity contribution in [2.45, 2.75) is 6.92 Å². The van der Waals surface area contributed by atoms with Gasteiger partial charge in [-0.2, -0.15) is 0 Å². The van der Waals surface area contributed by atoms with Gasteiger partial charge in [-0.05, 0) is 6.92 Å². The summed E-state index contributed by atoms with van der Waals surface area (Å²) >= 11 is 0. The van der Waals surface area contributed by atoms with Crippen LogP contribution < -0.4 is 5.84 Å². The summed E-state index contributed by atoms with van der Waals surface area (Å²) in [6, 6.07) is 0. The smallest absolute Gasteiger partial charge is 0.0736 e. The van der Waals surface area contributed by atoms with Crippen molar-refractivity contribution in [3.8, 4) is 11.8 Å². The van der Waals surface area contributed by atoms with E-state index in [1.54, 1.807) is 14.0 Å². The molecule has 0 saturated carbocycles. The van der Waals surface area contributed by atoms with Crippen LogP contribution in [0.25, 0.3) is 0 Å². The Morgan fingerprint density at radius 2 is 2.29 bits per heavy atom. The van der Waals surface area contributed by atoms with E-state index in [1.807, 2.05) is 0 Å². The molecule has 0 saturated heterocycles. The van der Waals surface area contributed by atoms with Gasteiger partial charge in [0.25, 0.3) is 0 Å². The van der Waals surface area contributed by atoms with Crippen LogP contribution in [0, 0.1) is 11.8 Å². The van der Waals surface area contributed by atoms with Crippen LogP contribution in [0.15, 0.2) is 0 Å². The van der Waals surface area contributed by atoms with Gasteiger partial charge in [0.15, 0.2) is 0 Å². The summed E-state index contributed by atoms with van der Waals surface area (Å²) in [7, 11) is 1.78. The summed E-state index contributed by atoms with van der Waals surface area (Å²) in [5.41, 5.74) is 0. The first-order valence-electron chi connectivity index (χ1n) is 2.13. The van der Waals surface area contributed by atoms with E-state index in [0.717, 1.165) is 0 Å². The lowest BCUT2D eigenvalue weighted by Gasteiger charge is -2.00. The molecule has 0 aliphatic carbocycles. The fourth-order valence-corrected chi connectivity index (χ4v) is 0.204. The molecule has 0 amide bonds. The fourth-order valence-electron chi connectivity index (χ4n) is 0.204. The highest BCUT2D eigenvalue weighted by atomic mass is 15.4. The van der Waals surface area contributed by atoms with Crippen molar-refractivity contribution in [3.05, 3.63) is 0 Å². The number of hydrogen-bond donors (Lipinski definition) is 1. The van der Waals surface area contributed by atoms with Crippen LogP contribution in [0.2, 0.25) is 0 Å². The van der Waals surface area contributed by atoms with Crippen LogP contribution in [-0.4, -0.2) is 18.6 Å². The maximum absolute atomic E-state index is 5.21. The third-order valence-electron chi connectivity index (χ3n) is 0.505. The van der Waals surface area contributed by atoms with Crippen LogP contribution in [0.3, 0.4) is 0 Å². The molecule has 0 fully saturated rings. The normalized spacial score (nSPS) is 8.00. The molecule has 40 valence electrons. The summed E-state index contributed by atoms with van der Waals surface area (Å²) in [5, 5.41) is 1.54. The number of nitrogens with two attached hydrogens (primary N) is 1. The Hall–Kier alpha value is -0.520. The van der Waals surface area contributed by atoms with Gasteiger partial charge in [0.2, 0.25) is 0 Å². The van der Waals surface area contributed by atoms with Gasteiger partial charge >= 0.3 is 0 Å². The van der Waals surface area contributed by atoms with Gasteiger partial charge in [0.1, 0.15) is 0 Å². The number of rotatable bonds is 1. The molecule has 0 spiro atoms. The molecule has 0 bridgehead atoms. The number of hydrazine groups is 1. The maximum atomic E-state index is 5.21. The van der Waals surface area contributed by atoms with Gasteiger partial charge in [0.05, 0.1) is 6.54 Å². The first-order chi connectivity index (χ1) is 3.27. The molecule has 2 N–H and O–H groups in total. The van der Waals surface area contributed by atoms with Gasteiger partial charge in [-0.15, -0.1) is 5.92 Å². The summed E-state index contributed by atoms with van der Waals surface area (Å²) < 4.78 is 0. The first-order valence-corrected chi connectivity index (χ1v) is 2.13. The van der Waals surface area contributed by atoms with E-state index in [-0.39, 0.29) is 0 Å². The molecule has 0 aliphatic heterocycles. The average molecular weight is 98.1 g/mol. The molecule has 0 atom stereocenters. The second kappa shape index (κ2) is 3.66. The van der Waals surface area contributed by atoms with Crippen molar-refractivity contribution >= 4 is 0 Å². The minimum Gasteiger partial charge on any atom is -0.268 e. The van der Waals surface area contributed by atoms with Crippen molar-refractivity contribution in [2.75, 3.05) is 13.6 Å². The molecule has 2 heteroatoms. The minimum absolute atomic E-state index is 0.649. The topological polar surface area (TPSA) is 29.3 Å². The second-order valence-electron chi connectivity index (χ2n) is 1.34. The van der Waals surface area contributed by atoms with E-state index < -0.39 is 0 Å². The largest absolute Gasteiger partial charge is 0.268 e. The molecule has 0 aromatic heterocycles. The average Bonchev–Trinajstić information content (AvgIpc) is 1.61. The Labute approximate surface area is 44.3 Å². The van der Waals surface area contributed by atoms with Gasteiger partial charge < -0.3 is 0 Å². The molecule has 7 heavy (non-hydrogen) atoms. The van der Waals surface area contributed by atoms with E-state index in [4.69, 9.17) is 5.84 Å². The van der Waals surface area contributed by atoms with Gasteiger partial charge in [-0.1, -0.05) is 5.92 Å². The van der Waals surface area contributed by atoms with Crippen LogP contribution in [0.1, 0.15) is 6.92 Å². The highest BCUT2D eigenvalue weighted by Gasteiger charge is 1.77. The predicted molar refractivity (Wildman–Crippen MR) is 30.3 cm³/mol. The first kappa shape index (κ1) is 6.48. The van der Waals surface area contributed by atoms with Crippen LogP contribution in [0.4, 0.5) is 0 Å². The Balaban J connectivity index is 3.08. The highest BCUT2D eigenvalue weighted by molar-refractivity contribution is 4.96. The molecule has 2 nitrogen and oxygen atoms in total. The number of hydrogen-bond acceptors (Lipinski definition) is 2. The Bertz CT molecular complexity index is 86.0. The molecular formula is C5H10N2. The third-order valence-corrected chi connectivity index (χ3v) is 0.505. The third kappa shape index (κ3) is 5.48. The van der Waals surface area contributed by atoms with E-state index in [9.17, 15) is 0 Å². The molecule has 0 radical (unpaired) electrons. The molecule has 0 aliphatic rings. The van der Waals surface area contributed by atoms with E-state index in [1.165, 1.54) is 5.01 Å². The van der Waals surface area contributed by atoms with Crippen molar-refractivity contribution < 1.29 is 0 Å². The molecular weight excluding hydrogens is 88.1 g/mol. The lowest BCUT2D eigenvalue weighted by molar-refractivity contribution is 0.395. The monoisotopic (exact) mass is 98.1 g/mol. The fraction of sp³-hybridized carbons (Fsp3) is 0.600. The zero-order valence-electron chi connectivity index (χ0n) is 4.73. The molecule has 0 aromatic rings. The standard InChI is InChI=1S/C5H10N2/c1-3-4-5-7(2)6/h5-6H2,1-2H3. The summed E-state index contributed by atoms with van der Waals surface area (Å²) in [6.45, 7) is 2.44. The lowest BCUT2D eigenvalue weighted by atomic mass is 10.6. The van der Waals surface area contributed by atoms with Gasteiger partial charge in [-0.25, -0.2) is 5.01 Å². The van der Waals surface area contributed by atoms with Crippen LogP contribution in [-0.2, 0) is 0 Å². The van der Waals surface area contributed by atoms with Crippen molar-refractivity contribution in [2.24, 2.45) is 5.84 Å². The maximum Gasteiger partial charge on any atom is 0.0736 e. The van der Waals surface area contributed by atoms with Crippen molar-refractivity contribution in [1.82, 2.24) is 5.01 Å². The molecule has 0 heterocycles. The second-order valence-corrected chi connectivity index (χ2v) is 1.34. The quantitative estimate of drug-likeness (QED) is 0.280. The van der Waals surface area contributed by atoms with E-state index >= 15 is 0 Å². The summed E-state index contributed by atoms with van der Waals surface area (Å²) in [5.74, 6) is 10.7. The molecule has 0 rings (SSSR count). The number of nitrogens with zero attached hydrogens (tertiary/aromatic N) is 1. The van der Waals surface area contributed by atoms with E-state index in [2.05, 4.69) is 11.8 Å². The Morgan fingerprint density at radius 1 is 1.71 bits per heavy atom. The predicted octanol–water partition coefficient (Wildman–Crippen LogP) is -0.185. The lowest BCUT2D eigenvalue weighted by Crippen LogP contribution is -2.25. The zero-order valence-corrected chi connectivity index (χ0v) is 4.73. The summed E-state index contributed by atoms with van der Waals surface area (Å²) in [4.78, 5) is 0. The Kier molecular flexibility index (Phi) is 3.39. The SMILES string of the molecule is CC#CCN(C)N. The van der Waals surface area contributed by atoms with Crippen molar-refractivity contribution in [3.63, 3.8) is 0 Å². The molecule has 0 aromatic carbocycles. The van der Waals surface area contributed by atoms with Crippen LogP contribution in [0.5, 0.6) is 0 Å². The zero-order chi connectivity index (χ0) is 5.70. The van der Waals surface area contributed by atoms with Crippen LogP contribution >= 0.6 is 0 Å². The summed E-state index contributed by atoms with van der Waals surface area (Å²) in [6.07, 6.45) is 0. The Morgan fingerprint density at radius 3 is 2.43 bits per heavy atom. The minimum atomic E-state index is 0.649. The molecule has 0 unspecified atom stereocenters. The van der Waals surface area contributed by atoms with Gasteiger partial charge in [-0.3, -0.25) is 5.84 Å².